The Hall–Kier alpha value is -3.21. The zero-order valence-corrected chi connectivity index (χ0v) is 18.8. The van der Waals surface area contributed by atoms with Crippen molar-refractivity contribution in [1.29, 1.82) is 0 Å². The second-order valence-corrected chi connectivity index (χ2v) is 8.65. The Morgan fingerprint density at radius 2 is 1.74 bits per heavy atom. The number of pyridine rings is 1. The van der Waals surface area contributed by atoms with Crippen LogP contribution in [0.3, 0.4) is 0 Å². The zero-order valence-electron chi connectivity index (χ0n) is 18.8. The monoisotopic (exact) mass is 415 g/mol. The van der Waals surface area contributed by atoms with Crippen LogP contribution < -0.4 is 15.5 Å². The molecule has 0 atom stereocenters. The molecular weight excluding hydrogens is 382 g/mol. The van der Waals surface area contributed by atoms with Gasteiger partial charge in [0.05, 0.1) is 0 Å². The Morgan fingerprint density at radius 1 is 1.00 bits per heavy atom. The van der Waals surface area contributed by atoms with Crippen molar-refractivity contribution in [3.05, 3.63) is 78.1 Å². The summed E-state index contributed by atoms with van der Waals surface area (Å²) in [5.74, 6) is 1.09. The number of hydrogen-bond donors (Lipinski definition) is 1. The molecule has 5 nitrogen and oxygen atoms in total. The van der Waals surface area contributed by atoms with Crippen LogP contribution in [-0.4, -0.2) is 42.6 Å². The van der Waals surface area contributed by atoms with Crippen molar-refractivity contribution in [2.24, 2.45) is 5.73 Å². The van der Waals surface area contributed by atoms with Crippen LogP contribution in [0.4, 0.5) is 11.5 Å². The molecule has 0 aliphatic carbocycles. The molecule has 3 heterocycles. The molecule has 4 rings (SSSR count). The normalized spacial score (nSPS) is 16.7. The Kier molecular flexibility index (Phi) is 5.77. The molecule has 2 aliphatic heterocycles. The van der Waals surface area contributed by atoms with Gasteiger partial charge in [0.2, 0.25) is 0 Å². The first-order chi connectivity index (χ1) is 14.8. The van der Waals surface area contributed by atoms with Gasteiger partial charge in [0.1, 0.15) is 5.82 Å². The van der Waals surface area contributed by atoms with E-state index in [9.17, 15) is 0 Å². The number of hydrogen-bond acceptors (Lipinski definition) is 5. The number of anilines is 2. The number of nitrogens with zero attached hydrogens (tertiary/aromatic N) is 4. The fourth-order valence-electron chi connectivity index (χ4n) is 4.66. The van der Waals surface area contributed by atoms with E-state index in [0.717, 1.165) is 79.6 Å². The first-order valence-corrected chi connectivity index (χ1v) is 11.0. The van der Waals surface area contributed by atoms with E-state index >= 15 is 0 Å². The summed E-state index contributed by atoms with van der Waals surface area (Å²) >= 11 is 0. The molecule has 0 amide bonds. The summed E-state index contributed by atoms with van der Waals surface area (Å²) < 4.78 is 0. The van der Waals surface area contributed by atoms with Gasteiger partial charge < -0.3 is 20.4 Å². The molecule has 0 saturated carbocycles. The Bertz CT molecular complexity index is 1030. The highest BCUT2D eigenvalue weighted by atomic mass is 15.3. The molecule has 0 spiro atoms. The lowest BCUT2D eigenvalue weighted by molar-refractivity contribution is 0.366. The van der Waals surface area contributed by atoms with E-state index in [2.05, 4.69) is 77.5 Å². The first kappa shape index (κ1) is 21.0. The predicted octanol–water partition coefficient (Wildman–Crippen LogP) is 4.53. The zero-order chi connectivity index (χ0) is 22.1. The van der Waals surface area contributed by atoms with Crippen LogP contribution in [0.25, 0.3) is 11.4 Å². The molecule has 31 heavy (non-hydrogen) atoms. The largest absolute Gasteiger partial charge is 0.399 e. The number of aryl methyl sites for hydroxylation is 2. The Morgan fingerprint density at radius 3 is 2.35 bits per heavy atom. The van der Waals surface area contributed by atoms with Gasteiger partial charge in [-0.25, -0.2) is 4.98 Å². The van der Waals surface area contributed by atoms with E-state index in [1.807, 2.05) is 6.20 Å². The summed E-state index contributed by atoms with van der Waals surface area (Å²) in [7, 11) is 0. The van der Waals surface area contributed by atoms with Gasteiger partial charge in [-0.2, -0.15) is 0 Å². The van der Waals surface area contributed by atoms with E-state index in [0.29, 0.717) is 5.70 Å². The molecule has 1 aromatic heterocycles. The SMILES string of the molecule is C=C(N)c1cc(N2CCCC2=C)ccc1C(=C)N1CCN(c2ncc(C)cc2C)CC1. The predicted molar refractivity (Wildman–Crippen MR) is 132 cm³/mol. The summed E-state index contributed by atoms with van der Waals surface area (Å²) in [5.41, 5.74) is 14.5. The number of nitrogens with two attached hydrogens (primary N) is 1. The topological polar surface area (TPSA) is 48.6 Å². The third kappa shape index (κ3) is 4.18. The van der Waals surface area contributed by atoms with E-state index in [1.165, 1.54) is 11.1 Å². The average Bonchev–Trinajstić information content (AvgIpc) is 3.19. The third-order valence-corrected chi connectivity index (χ3v) is 6.35. The second-order valence-electron chi connectivity index (χ2n) is 8.65. The molecular formula is C26H33N5. The van der Waals surface area contributed by atoms with E-state index < -0.39 is 0 Å². The molecule has 2 N–H and O–H groups in total. The van der Waals surface area contributed by atoms with Crippen LogP contribution in [0, 0.1) is 13.8 Å². The van der Waals surface area contributed by atoms with Gasteiger partial charge in [0, 0.05) is 72.8 Å². The summed E-state index contributed by atoms with van der Waals surface area (Å²) in [6, 6.07) is 8.62. The summed E-state index contributed by atoms with van der Waals surface area (Å²) in [6.07, 6.45) is 4.14. The molecule has 2 saturated heterocycles. The highest BCUT2D eigenvalue weighted by Crippen LogP contribution is 2.33. The van der Waals surface area contributed by atoms with Crippen LogP contribution >= 0.6 is 0 Å². The molecule has 1 aromatic carbocycles. The van der Waals surface area contributed by atoms with Gasteiger partial charge in [0.15, 0.2) is 0 Å². The van der Waals surface area contributed by atoms with Crippen molar-refractivity contribution in [3.63, 3.8) is 0 Å². The maximum atomic E-state index is 6.20. The van der Waals surface area contributed by atoms with Crippen LogP contribution in [0.5, 0.6) is 0 Å². The van der Waals surface area contributed by atoms with Gasteiger partial charge in [0.25, 0.3) is 0 Å². The van der Waals surface area contributed by atoms with Crippen molar-refractivity contribution in [2.75, 3.05) is 42.5 Å². The maximum Gasteiger partial charge on any atom is 0.131 e. The average molecular weight is 416 g/mol. The van der Waals surface area contributed by atoms with Crippen LogP contribution in [-0.2, 0) is 0 Å². The maximum absolute atomic E-state index is 6.20. The van der Waals surface area contributed by atoms with Gasteiger partial charge >= 0.3 is 0 Å². The van der Waals surface area contributed by atoms with E-state index in [1.54, 1.807) is 0 Å². The van der Waals surface area contributed by atoms with Gasteiger partial charge in [-0.15, -0.1) is 0 Å². The molecule has 0 unspecified atom stereocenters. The van der Waals surface area contributed by atoms with Crippen molar-refractivity contribution >= 4 is 22.9 Å². The second kappa shape index (κ2) is 8.50. The first-order valence-electron chi connectivity index (χ1n) is 11.0. The lowest BCUT2D eigenvalue weighted by Crippen LogP contribution is -2.46. The molecule has 162 valence electrons. The Labute approximate surface area is 186 Å². The summed E-state index contributed by atoms with van der Waals surface area (Å²) in [5, 5.41) is 0. The van der Waals surface area contributed by atoms with Crippen molar-refractivity contribution in [3.8, 4) is 0 Å². The van der Waals surface area contributed by atoms with Crippen molar-refractivity contribution in [2.45, 2.75) is 26.7 Å². The van der Waals surface area contributed by atoms with Crippen LogP contribution in [0.15, 0.2) is 55.9 Å². The fourth-order valence-corrected chi connectivity index (χ4v) is 4.66. The van der Waals surface area contributed by atoms with E-state index in [-0.39, 0.29) is 0 Å². The van der Waals surface area contributed by atoms with Gasteiger partial charge in [-0.05, 0) is 49.9 Å². The minimum Gasteiger partial charge on any atom is -0.399 e. The fraction of sp³-hybridized carbons (Fsp3) is 0.346. The minimum atomic E-state index is 0.570. The highest BCUT2D eigenvalue weighted by Gasteiger charge is 2.23. The minimum absolute atomic E-state index is 0.570. The molecule has 2 aromatic rings. The summed E-state index contributed by atoms with van der Waals surface area (Å²) in [6.45, 7) is 21.5. The number of allylic oxidation sites excluding steroid dienone is 1. The smallest absolute Gasteiger partial charge is 0.131 e. The number of rotatable bonds is 5. The summed E-state index contributed by atoms with van der Waals surface area (Å²) in [4.78, 5) is 11.6. The number of piperazine rings is 1. The van der Waals surface area contributed by atoms with Crippen molar-refractivity contribution in [1.82, 2.24) is 9.88 Å². The van der Waals surface area contributed by atoms with Crippen LogP contribution in [0.2, 0.25) is 0 Å². The quantitative estimate of drug-likeness (QED) is 0.777. The highest BCUT2D eigenvalue weighted by molar-refractivity contribution is 5.79. The standard InChI is InChI=1S/C26H33N5/c1-18-15-19(2)26(28-17-18)30-13-11-29(12-14-30)22(5)24-9-8-23(16-25(24)21(4)27)31-10-6-7-20(31)3/h8-9,15-17H,3-7,10-14,27H2,1-2H3. The molecule has 0 bridgehead atoms. The lowest BCUT2D eigenvalue weighted by atomic mass is 10.0. The molecule has 5 heteroatoms. The van der Waals surface area contributed by atoms with Gasteiger partial charge in [-0.1, -0.05) is 31.9 Å². The lowest BCUT2D eigenvalue weighted by Gasteiger charge is -2.38. The van der Waals surface area contributed by atoms with E-state index in [4.69, 9.17) is 5.73 Å². The molecule has 2 aliphatic rings. The third-order valence-electron chi connectivity index (χ3n) is 6.35. The van der Waals surface area contributed by atoms with Crippen molar-refractivity contribution < 1.29 is 0 Å². The molecule has 0 radical (unpaired) electrons. The van der Waals surface area contributed by atoms with Gasteiger partial charge in [-0.3, -0.25) is 0 Å². The number of aromatic nitrogens is 1. The Balaban J connectivity index is 1.50. The number of benzene rings is 1. The van der Waals surface area contributed by atoms with Crippen LogP contribution in [0.1, 0.15) is 35.1 Å². The molecule has 2 fully saturated rings.